The smallest absolute Gasteiger partial charge is 0.296 e. The van der Waals surface area contributed by atoms with E-state index < -0.39 is 38.9 Å². The van der Waals surface area contributed by atoms with Crippen LogP contribution < -0.4 is 4.90 Å². The first kappa shape index (κ1) is 29.0. The zero-order valence-corrected chi connectivity index (χ0v) is 24.2. The molecule has 0 aliphatic carbocycles. The van der Waals surface area contributed by atoms with Crippen LogP contribution in [0.5, 0.6) is 0 Å². The fourth-order valence-corrected chi connectivity index (χ4v) is 7.68. The molecule has 0 bridgehead atoms. The van der Waals surface area contributed by atoms with Crippen molar-refractivity contribution in [1.29, 1.82) is 0 Å². The number of methoxy groups -OCH3 is 1. The van der Waals surface area contributed by atoms with Crippen LogP contribution in [0.2, 0.25) is 0 Å². The summed E-state index contributed by atoms with van der Waals surface area (Å²) in [5.74, 6) is -2.86. The molecule has 2 fully saturated rings. The van der Waals surface area contributed by atoms with Crippen LogP contribution in [-0.4, -0.2) is 80.2 Å². The van der Waals surface area contributed by atoms with Crippen LogP contribution in [0.25, 0.3) is 5.76 Å². The molecule has 1 N–H and O–H groups in total. The maximum absolute atomic E-state index is 14.3. The number of amides is 2. The molecule has 11 heteroatoms. The van der Waals surface area contributed by atoms with Crippen LogP contribution in [-0.2, 0) is 34.7 Å². The Labute approximate surface area is 240 Å². The molecule has 1 spiro atoms. The molecule has 0 aromatic heterocycles. The average molecular weight is 582 g/mol. The third-order valence-corrected chi connectivity index (χ3v) is 9.98. The number of piperidine rings is 1. The normalized spacial score (nSPS) is 22.6. The Hall–Kier alpha value is -3.54. The number of aliphatic hydroxyl groups is 1. The molecule has 0 saturated carbocycles. The third-order valence-electron chi connectivity index (χ3n) is 8.07. The topological polar surface area (TPSA) is 125 Å². The van der Waals surface area contributed by atoms with Crippen molar-refractivity contribution in [1.82, 2.24) is 9.21 Å². The molecule has 41 heavy (non-hydrogen) atoms. The van der Waals surface area contributed by atoms with Gasteiger partial charge < -0.3 is 19.6 Å². The SMILES string of the molecule is CCCN1C(=O)C2(/C(=C(/O)c3ccc(S(=O)(=O)N4CCCCC4)cc3)C(=O)C(=O)N2CCCOC)c2ccccc21. The van der Waals surface area contributed by atoms with Gasteiger partial charge in [-0.15, -0.1) is 0 Å². The number of ether oxygens (including phenoxy) is 1. The highest BCUT2D eigenvalue weighted by atomic mass is 32.2. The van der Waals surface area contributed by atoms with Crippen LogP contribution >= 0.6 is 0 Å². The van der Waals surface area contributed by atoms with Crippen LogP contribution in [0.4, 0.5) is 5.69 Å². The Morgan fingerprint density at radius 3 is 2.32 bits per heavy atom. The lowest BCUT2D eigenvalue weighted by Gasteiger charge is -2.34. The predicted molar refractivity (Wildman–Crippen MR) is 153 cm³/mol. The number of anilines is 1. The van der Waals surface area contributed by atoms with Crippen molar-refractivity contribution < 1.29 is 32.6 Å². The monoisotopic (exact) mass is 581 g/mol. The van der Waals surface area contributed by atoms with Gasteiger partial charge >= 0.3 is 0 Å². The second-order valence-corrected chi connectivity index (χ2v) is 12.5. The largest absolute Gasteiger partial charge is 0.507 e. The molecule has 2 saturated heterocycles. The molecule has 3 heterocycles. The molecule has 5 rings (SSSR count). The van der Waals surface area contributed by atoms with Crippen molar-refractivity contribution in [3.63, 3.8) is 0 Å². The van der Waals surface area contributed by atoms with Gasteiger partial charge in [0, 0.05) is 51.0 Å². The van der Waals surface area contributed by atoms with Gasteiger partial charge in [0.2, 0.25) is 10.0 Å². The number of aliphatic hydroxyl groups excluding tert-OH is 1. The van der Waals surface area contributed by atoms with E-state index in [4.69, 9.17) is 4.74 Å². The lowest BCUT2D eigenvalue weighted by atomic mass is 9.82. The molecular weight excluding hydrogens is 546 g/mol. The lowest BCUT2D eigenvalue weighted by Crippen LogP contribution is -2.52. The Morgan fingerprint density at radius 2 is 1.66 bits per heavy atom. The summed E-state index contributed by atoms with van der Waals surface area (Å²) in [5.41, 5.74) is -1.01. The van der Waals surface area contributed by atoms with Crippen molar-refractivity contribution >= 4 is 39.1 Å². The van der Waals surface area contributed by atoms with Gasteiger partial charge in [-0.25, -0.2) is 8.42 Å². The minimum atomic E-state index is -3.72. The molecule has 2 aromatic rings. The number of para-hydroxylation sites is 1. The van der Waals surface area contributed by atoms with Crippen molar-refractivity contribution in [2.45, 2.75) is 49.5 Å². The summed E-state index contributed by atoms with van der Waals surface area (Å²) in [6.45, 7) is 3.56. The van der Waals surface area contributed by atoms with E-state index in [1.54, 1.807) is 29.2 Å². The van der Waals surface area contributed by atoms with Crippen molar-refractivity contribution in [2.75, 3.05) is 44.8 Å². The first-order chi connectivity index (χ1) is 19.7. The summed E-state index contributed by atoms with van der Waals surface area (Å²) in [4.78, 5) is 44.4. The number of likely N-dealkylation sites (tertiary alicyclic amines) is 1. The van der Waals surface area contributed by atoms with Gasteiger partial charge in [0.1, 0.15) is 5.76 Å². The average Bonchev–Trinajstić information content (AvgIpc) is 3.36. The molecule has 0 radical (unpaired) electrons. The van der Waals surface area contributed by atoms with Gasteiger partial charge in [0.15, 0.2) is 5.54 Å². The first-order valence-electron chi connectivity index (χ1n) is 14.0. The quantitative estimate of drug-likeness (QED) is 0.209. The molecule has 2 amide bonds. The van der Waals surface area contributed by atoms with Crippen LogP contribution in [0.15, 0.2) is 59.0 Å². The Morgan fingerprint density at radius 1 is 0.976 bits per heavy atom. The third kappa shape index (κ3) is 4.56. The van der Waals surface area contributed by atoms with E-state index in [1.807, 2.05) is 6.92 Å². The van der Waals surface area contributed by atoms with Crippen molar-refractivity contribution in [2.24, 2.45) is 0 Å². The summed E-state index contributed by atoms with van der Waals surface area (Å²) in [6, 6.07) is 12.6. The van der Waals surface area contributed by atoms with E-state index in [0.717, 1.165) is 19.3 Å². The maximum atomic E-state index is 14.3. The summed E-state index contributed by atoms with van der Waals surface area (Å²) in [7, 11) is -2.19. The standard InChI is InChI=1S/C30H35N3O7S/c1-3-16-32-24-11-6-5-10-23(24)30(29(32)37)25(27(35)28(36)33(30)19-9-20-40-2)26(34)21-12-14-22(15-13-21)41(38,39)31-17-7-4-8-18-31/h5-6,10-15,34H,3-4,7-9,16-20H2,1-2H3/b26-25+. The Balaban J connectivity index is 1.65. The summed E-state index contributed by atoms with van der Waals surface area (Å²) >= 11 is 0. The molecular formula is C30H35N3O7S. The number of benzene rings is 2. The number of hydrogen-bond donors (Lipinski definition) is 1. The zero-order chi connectivity index (χ0) is 29.4. The molecule has 218 valence electrons. The lowest BCUT2D eigenvalue weighted by molar-refractivity contribution is -0.143. The van der Waals surface area contributed by atoms with E-state index in [-0.39, 0.29) is 22.6 Å². The number of sulfonamides is 1. The second kappa shape index (κ2) is 11.4. The maximum Gasteiger partial charge on any atom is 0.296 e. The summed E-state index contributed by atoms with van der Waals surface area (Å²) in [6.07, 6.45) is 3.60. The number of hydrogen-bond acceptors (Lipinski definition) is 7. The van der Waals surface area contributed by atoms with E-state index in [2.05, 4.69) is 0 Å². The van der Waals surface area contributed by atoms with Gasteiger partial charge in [-0.3, -0.25) is 14.4 Å². The number of nitrogens with zero attached hydrogens (tertiary/aromatic N) is 3. The van der Waals surface area contributed by atoms with Gasteiger partial charge in [-0.2, -0.15) is 4.31 Å². The highest BCUT2D eigenvalue weighted by Gasteiger charge is 2.66. The summed E-state index contributed by atoms with van der Waals surface area (Å²) < 4.78 is 32.9. The van der Waals surface area contributed by atoms with Crippen LogP contribution in [0, 0.1) is 0 Å². The second-order valence-electron chi connectivity index (χ2n) is 10.5. The van der Waals surface area contributed by atoms with Gasteiger partial charge in [-0.05, 0) is 56.0 Å². The van der Waals surface area contributed by atoms with Gasteiger partial charge in [0.25, 0.3) is 17.6 Å². The number of carbonyl (C=O) groups is 3. The first-order valence-corrected chi connectivity index (χ1v) is 15.5. The molecule has 2 aromatic carbocycles. The number of Topliss-reactive ketones (excluding diaryl/α,β-unsaturated/α-hetero) is 1. The van der Waals surface area contributed by atoms with Gasteiger partial charge in [0.05, 0.1) is 16.2 Å². The fourth-order valence-electron chi connectivity index (χ4n) is 6.16. The highest BCUT2D eigenvalue weighted by Crippen LogP contribution is 2.53. The van der Waals surface area contributed by atoms with Gasteiger partial charge in [-0.1, -0.05) is 31.5 Å². The zero-order valence-electron chi connectivity index (χ0n) is 23.3. The number of ketones is 1. The van der Waals surface area contributed by atoms with Crippen molar-refractivity contribution in [3.05, 3.63) is 65.2 Å². The number of fused-ring (bicyclic) bond motifs is 2. The van der Waals surface area contributed by atoms with Crippen LogP contribution in [0.3, 0.4) is 0 Å². The fraction of sp³-hybridized carbons (Fsp3) is 0.433. The van der Waals surface area contributed by atoms with E-state index in [1.165, 1.54) is 40.6 Å². The molecule has 10 nitrogen and oxygen atoms in total. The number of carbonyl (C=O) groups excluding carboxylic acids is 3. The Kier molecular flexibility index (Phi) is 8.04. The van der Waals surface area contributed by atoms with Crippen molar-refractivity contribution in [3.8, 4) is 0 Å². The van der Waals surface area contributed by atoms with E-state index >= 15 is 0 Å². The molecule has 1 unspecified atom stereocenters. The summed E-state index contributed by atoms with van der Waals surface area (Å²) in [5, 5.41) is 11.7. The molecule has 3 aliphatic rings. The van der Waals surface area contributed by atoms with E-state index in [0.29, 0.717) is 50.3 Å². The number of rotatable bonds is 9. The minimum Gasteiger partial charge on any atom is -0.507 e. The molecule has 1 atom stereocenters. The highest BCUT2D eigenvalue weighted by molar-refractivity contribution is 7.89. The Bertz CT molecular complexity index is 1500. The van der Waals surface area contributed by atoms with Crippen LogP contribution in [0.1, 0.15) is 50.2 Å². The predicted octanol–water partition coefficient (Wildman–Crippen LogP) is 3.23. The molecule has 3 aliphatic heterocycles. The minimum absolute atomic E-state index is 0.0578. The van der Waals surface area contributed by atoms with E-state index in [9.17, 15) is 27.9 Å².